The van der Waals surface area contributed by atoms with E-state index in [-0.39, 0.29) is 22.8 Å². The third-order valence-corrected chi connectivity index (χ3v) is 5.16. The van der Waals surface area contributed by atoms with Crippen molar-refractivity contribution in [2.24, 2.45) is 5.16 Å². The molecule has 7 heteroatoms. The van der Waals surface area contributed by atoms with E-state index in [1.54, 1.807) is 11.8 Å². The summed E-state index contributed by atoms with van der Waals surface area (Å²) in [5, 5.41) is 15.0. The van der Waals surface area contributed by atoms with Crippen LogP contribution in [0.25, 0.3) is 0 Å². The molecule has 1 aliphatic carbocycles. The van der Waals surface area contributed by atoms with Crippen LogP contribution >= 0.6 is 11.8 Å². The summed E-state index contributed by atoms with van der Waals surface area (Å²) in [7, 11) is 0. The molecule has 2 aliphatic rings. The maximum atomic E-state index is 11.9. The number of thioether (sulfide) groups is 1. The molecule has 1 saturated carbocycles. The second-order valence-corrected chi connectivity index (χ2v) is 6.23. The summed E-state index contributed by atoms with van der Waals surface area (Å²) in [5.41, 5.74) is -0.0967. The van der Waals surface area contributed by atoms with Gasteiger partial charge in [0.15, 0.2) is 5.71 Å². The highest BCUT2D eigenvalue weighted by atomic mass is 32.2. The van der Waals surface area contributed by atoms with Crippen LogP contribution in [0.4, 0.5) is 0 Å². The predicted octanol–water partition coefficient (Wildman–Crippen LogP) is 1.01. The van der Waals surface area contributed by atoms with Gasteiger partial charge >= 0.3 is 5.97 Å². The molecular formula is C12H18N2O4S. The molecule has 0 spiro atoms. The van der Waals surface area contributed by atoms with Gasteiger partial charge in [-0.1, -0.05) is 18.0 Å². The molecule has 1 unspecified atom stereocenters. The third kappa shape index (κ3) is 3.20. The Kier molecular flexibility index (Phi) is 4.34. The topological polar surface area (TPSA) is 88.0 Å². The summed E-state index contributed by atoms with van der Waals surface area (Å²) >= 11 is 1.79. The van der Waals surface area contributed by atoms with Crippen LogP contribution in [0.5, 0.6) is 0 Å². The Hall–Kier alpha value is -1.24. The quantitative estimate of drug-likeness (QED) is 0.787. The maximum absolute atomic E-state index is 11.9. The van der Waals surface area contributed by atoms with Gasteiger partial charge in [0.05, 0.1) is 0 Å². The standard InChI is InChI=1S/C12H18N2O4S/c1-19-12(4-2-3-5-12)7-13-10(15)9-6-8(11(16)17)14-18-9/h9H,2-7H2,1H3,(H,13,15)(H,16,17). The Morgan fingerprint density at radius 3 is 2.74 bits per heavy atom. The zero-order valence-electron chi connectivity index (χ0n) is 10.8. The number of hydrogen-bond acceptors (Lipinski definition) is 5. The Morgan fingerprint density at radius 1 is 1.53 bits per heavy atom. The molecule has 0 aromatic rings. The van der Waals surface area contributed by atoms with Crippen LogP contribution in [0.3, 0.4) is 0 Å². The lowest BCUT2D eigenvalue weighted by Gasteiger charge is -2.27. The van der Waals surface area contributed by atoms with Crippen LogP contribution in [0.2, 0.25) is 0 Å². The number of carboxylic acids is 1. The monoisotopic (exact) mass is 286 g/mol. The van der Waals surface area contributed by atoms with E-state index in [4.69, 9.17) is 9.94 Å². The van der Waals surface area contributed by atoms with Crippen LogP contribution < -0.4 is 5.32 Å². The fraction of sp³-hybridized carbons (Fsp3) is 0.750. The average molecular weight is 286 g/mol. The van der Waals surface area contributed by atoms with E-state index in [2.05, 4.69) is 16.7 Å². The van der Waals surface area contributed by atoms with Gasteiger partial charge in [-0.2, -0.15) is 11.8 Å². The molecule has 1 atom stereocenters. The lowest BCUT2D eigenvalue weighted by Crippen LogP contribution is -2.43. The Morgan fingerprint density at radius 2 is 2.21 bits per heavy atom. The molecule has 1 heterocycles. The zero-order valence-corrected chi connectivity index (χ0v) is 11.7. The van der Waals surface area contributed by atoms with E-state index in [1.165, 1.54) is 12.8 Å². The number of hydrogen-bond donors (Lipinski definition) is 2. The summed E-state index contributed by atoms with van der Waals surface area (Å²) in [5.74, 6) is -1.41. The SMILES string of the molecule is CSC1(CNC(=O)C2CC(C(=O)O)=NO2)CCCC1. The van der Waals surface area contributed by atoms with E-state index in [0.29, 0.717) is 6.54 Å². The zero-order chi connectivity index (χ0) is 13.9. The van der Waals surface area contributed by atoms with E-state index in [1.807, 2.05) is 0 Å². The Labute approximate surface area is 115 Å². The Bertz CT molecular complexity index is 405. The van der Waals surface area contributed by atoms with Gasteiger partial charge in [0.2, 0.25) is 6.10 Å². The summed E-state index contributed by atoms with van der Waals surface area (Å²) in [6.45, 7) is 0.606. The minimum Gasteiger partial charge on any atom is -0.477 e. The fourth-order valence-electron chi connectivity index (χ4n) is 2.48. The van der Waals surface area contributed by atoms with E-state index in [0.717, 1.165) is 12.8 Å². The summed E-state index contributed by atoms with van der Waals surface area (Å²) < 4.78 is 0.130. The van der Waals surface area contributed by atoms with E-state index in [9.17, 15) is 9.59 Å². The predicted molar refractivity (Wildman–Crippen MR) is 72.3 cm³/mol. The fourth-order valence-corrected chi connectivity index (χ4v) is 3.39. The van der Waals surface area contributed by atoms with Crippen molar-refractivity contribution in [1.29, 1.82) is 0 Å². The highest BCUT2D eigenvalue weighted by Crippen LogP contribution is 2.39. The minimum absolute atomic E-state index is 0.0352. The largest absolute Gasteiger partial charge is 0.477 e. The molecular weight excluding hydrogens is 268 g/mol. The molecule has 2 N–H and O–H groups in total. The number of aliphatic carboxylic acids is 1. The van der Waals surface area contributed by atoms with Gasteiger partial charge in [-0.3, -0.25) is 4.79 Å². The van der Waals surface area contributed by atoms with Gasteiger partial charge in [-0.15, -0.1) is 0 Å². The van der Waals surface area contributed by atoms with Gasteiger partial charge in [-0.25, -0.2) is 4.79 Å². The van der Waals surface area contributed by atoms with Crippen molar-refractivity contribution >= 4 is 29.4 Å². The van der Waals surface area contributed by atoms with Crippen molar-refractivity contribution in [3.63, 3.8) is 0 Å². The normalized spacial score (nSPS) is 24.7. The number of nitrogens with one attached hydrogen (secondary N) is 1. The van der Waals surface area contributed by atoms with Crippen LogP contribution in [-0.4, -0.2) is 46.3 Å². The Balaban J connectivity index is 1.81. The van der Waals surface area contributed by atoms with Crippen molar-refractivity contribution in [2.75, 3.05) is 12.8 Å². The molecule has 2 rings (SSSR count). The van der Waals surface area contributed by atoms with Gasteiger partial charge in [0, 0.05) is 17.7 Å². The lowest BCUT2D eigenvalue weighted by molar-refractivity contribution is -0.131. The van der Waals surface area contributed by atoms with Crippen LogP contribution in [0, 0.1) is 0 Å². The number of carboxylic acid groups (broad SMARTS) is 1. The van der Waals surface area contributed by atoms with E-state index >= 15 is 0 Å². The molecule has 0 radical (unpaired) electrons. The van der Waals surface area contributed by atoms with Gasteiger partial charge in [0.25, 0.3) is 5.91 Å². The number of carbonyl (C=O) groups excluding carboxylic acids is 1. The molecule has 6 nitrogen and oxygen atoms in total. The van der Waals surface area contributed by atoms with Crippen molar-refractivity contribution in [1.82, 2.24) is 5.32 Å². The summed E-state index contributed by atoms with van der Waals surface area (Å²) in [4.78, 5) is 27.5. The van der Waals surface area contributed by atoms with E-state index < -0.39 is 12.1 Å². The summed E-state index contributed by atoms with van der Waals surface area (Å²) in [6.07, 6.45) is 5.91. The van der Waals surface area contributed by atoms with Crippen molar-refractivity contribution in [2.45, 2.75) is 43.0 Å². The third-order valence-electron chi connectivity index (χ3n) is 3.74. The highest BCUT2D eigenvalue weighted by molar-refractivity contribution is 8.00. The second kappa shape index (κ2) is 5.81. The number of rotatable bonds is 5. The average Bonchev–Trinajstić information content (AvgIpc) is 3.06. The molecule has 1 fully saturated rings. The minimum atomic E-state index is -1.13. The number of oxime groups is 1. The van der Waals surface area contributed by atoms with Gasteiger partial charge in [0.1, 0.15) is 0 Å². The van der Waals surface area contributed by atoms with Crippen LogP contribution in [-0.2, 0) is 14.4 Å². The van der Waals surface area contributed by atoms with Crippen LogP contribution in [0.15, 0.2) is 5.16 Å². The molecule has 0 aromatic heterocycles. The first-order valence-corrected chi connectivity index (χ1v) is 7.58. The van der Waals surface area contributed by atoms with Crippen molar-refractivity contribution in [3.05, 3.63) is 0 Å². The van der Waals surface area contributed by atoms with Crippen molar-refractivity contribution < 1.29 is 19.5 Å². The number of carbonyl (C=O) groups is 2. The first-order chi connectivity index (χ1) is 9.06. The van der Waals surface area contributed by atoms with Crippen LogP contribution in [0.1, 0.15) is 32.1 Å². The number of amides is 1. The summed E-state index contributed by atoms with van der Waals surface area (Å²) in [6, 6.07) is 0. The molecule has 0 saturated heterocycles. The lowest BCUT2D eigenvalue weighted by atomic mass is 10.1. The molecule has 0 aromatic carbocycles. The smallest absolute Gasteiger partial charge is 0.353 e. The highest BCUT2D eigenvalue weighted by Gasteiger charge is 2.36. The first-order valence-electron chi connectivity index (χ1n) is 6.35. The molecule has 1 amide bonds. The van der Waals surface area contributed by atoms with Gasteiger partial charge < -0.3 is 15.3 Å². The van der Waals surface area contributed by atoms with Gasteiger partial charge in [-0.05, 0) is 19.1 Å². The van der Waals surface area contributed by atoms with Crippen molar-refractivity contribution in [3.8, 4) is 0 Å². The molecule has 106 valence electrons. The number of nitrogens with zero attached hydrogens (tertiary/aromatic N) is 1. The molecule has 0 bridgehead atoms. The first kappa shape index (κ1) is 14.2. The second-order valence-electron chi connectivity index (χ2n) is 4.95. The molecule has 19 heavy (non-hydrogen) atoms. The maximum Gasteiger partial charge on any atom is 0.353 e. The molecule has 1 aliphatic heterocycles.